The molecule has 0 fully saturated rings. The summed E-state index contributed by atoms with van der Waals surface area (Å²) in [5.74, 6) is -1.00. The third-order valence-electron chi connectivity index (χ3n) is 3.53. The first-order valence-corrected chi connectivity index (χ1v) is 6.31. The molecule has 1 rings (SSSR count). The molecule has 0 aromatic heterocycles. The molecule has 1 aromatic carbocycles. The van der Waals surface area contributed by atoms with E-state index in [0.29, 0.717) is 0 Å². The van der Waals surface area contributed by atoms with E-state index in [9.17, 15) is 14.3 Å². The molecule has 0 atom stereocenters. The summed E-state index contributed by atoms with van der Waals surface area (Å²) < 4.78 is 23.9. The molecule has 4 nitrogen and oxygen atoms in total. The maximum Gasteiger partial charge on any atom is 0.337 e. The Morgan fingerprint density at radius 3 is 2.40 bits per heavy atom. The van der Waals surface area contributed by atoms with E-state index < -0.39 is 23.0 Å². The average molecular weight is 282 g/mol. The standard InChI is InChI=1S/C14H20BFO4/c1-13(2,18)14(3,4)20-15-10-8-9(12(17)19-5)6-7-11(10)16/h6-8,15,18H,1-5H3. The lowest BCUT2D eigenvalue weighted by Gasteiger charge is -2.37. The van der Waals surface area contributed by atoms with Crippen molar-refractivity contribution in [2.75, 3.05) is 7.11 Å². The fraction of sp³-hybridized carbons (Fsp3) is 0.500. The Bertz CT molecular complexity index is 494. The van der Waals surface area contributed by atoms with Crippen molar-refractivity contribution in [3.8, 4) is 0 Å². The summed E-state index contributed by atoms with van der Waals surface area (Å²) in [5.41, 5.74) is -1.44. The van der Waals surface area contributed by atoms with Crippen LogP contribution in [0.25, 0.3) is 0 Å². The number of benzene rings is 1. The second kappa shape index (κ2) is 5.93. The Morgan fingerprint density at radius 2 is 1.90 bits per heavy atom. The van der Waals surface area contributed by atoms with E-state index in [2.05, 4.69) is 4.74 Å². The molecular weight excluding hydrogens is 262 g/mol. The fourth-order valence-electron chi connectivity index (χ4n) is 1.36. The van der Waals surface area contributed by atoms with Gasteiger partial charge in [0.1, 0.15) is 5.82 Å². The third-order valence-corrected chi connectivity index (χ3v) is 3.53. The maximum atomic E-state index is 13.7. The predicted octanol–water partition coefficient (Wildman–Crippen LogP) is 1.16. The topological polar surface area (TPSA) is 55.8 Å². The molecule has 0 heterocycles. The average Bonchev–Trinajstić information content (AvgIpc) is 2.35. The van der Waals surface area contributed by atoms with Crippen molar-refractivity contribution in [3.63, 3.8) is 0 Å². The van der Waals surface area contributed by atoms with Crippen LogP contribution in [0.3, 0.4) is 0 Å². The van der Waals surface area contributed by atoms with E-state index in [1.165, 1.54) is 25.3 Å². The summed E-state index contributed by atoms with van der Waals surface area (Å²) in [4.78, 5) is 11.4. The maximum absolute atomic E-state index is 13.7. The molecule has 0 radical (unpaired) electrons. The highest BCUT2D eigenvalue weighted by atomic mass is 19.1. The van der Waals surface area contributed by atoms with E-state index in [4.69, 9.17) is 4.65 Å². The Morgan fingerprint density at radius 1 is 1.30 bits per heavy atom. The Kier molecular flexibility index (Phi) is 4.94. The smallest absolute Gasteiger partial charge is 0.337 e. The highest BCUT2D eigenvalue weighted by Gasteiger charge is 2.35. The zero-order valence-electron chi connectivity index (χ0n) is 12.5. The van der Waals surface area contributed by atoms with E-state index in [1.807, 2.05) is 0 Å². The van der Waals surface area contributed by atoms with Crippen LogP contribution in [0.15, 0.2) is 18.2 Å². The number of hydrogen-bond acceptors (Lipinski definition) is 4. The molecule has 110 valence electrons. The minimum atomic E-state index is -1.08. The number of halogens is 1. The Balaban J connectivity index is 2.90. The first kappa shape index (κ1) is 16.7. The Labute approximate surface area is 119 Å². The molecule has 0 bridgehead atoms. The van der Waals surface area contributed by atoms with Gasteiger partial charge in [-0.05, 0) is 51.4 Å². The molecule has 0 amide bonds. The number of hydrogen-bond donors (Lipinski definition) is 1. The van der Waals surface area contributed by atoms with Crippen LogP contribution in [0, 0.1) is 5.82 Å². The number of rotatable bonds is 5. The quantitative estimate of drug-likeness (QED) is 0.650. The molecule has 1 N–H and O–H groups in total. The number of carbonyl (C=O) groups excluding carboxylic acids is 1. The first-order valence-electron chi connectivity index (χ1n) is 6.31. The van der Waals surface area contributed by atoms with Crippen molar-refractivity contribution in [3.05, 3.63) is 29.6 Å². The summed E-state index contributed by atoms with van der Waals surface area (Å²) >= 11 is 0. The fourth-order valence-corrected chi connectivity index (χ4v) is 1.36. The van der Waals surface area contributed by atoms with Crippen molar-refractivity contribution in [2.24, 2.45) is 0 Å². The van der Waals surface area contributed by atoms with Gasteiger partial charge in [0.15, 0.2) is 0 Å². The molecule has 0 aliphatic carbocycles. The lowest BCUT2D eigenvalue weighted by atomic mass is 9.82. The zero-order valence-corrected chi connectivity index (χ0v) is 12.5. The second-order valence-corrected chi connectivity index (χ2v) is 5.66. The number of ether oxygens (including phenoxy) is 1. The van der Waals surface area contributed by atoms with Crippen LogP contribution in [0.5, 0.6) is 0 Å². The largest absolute Gasteiger partial charge is 0.465 e. The van der Waals surface area contributed by atoms with Crippen LogP contribution in [0.1, 0.15) is 38.1 Å². The van der Waals surface area contributed by atoms with Gasteiger partial charge in [-0.25, -0.2) is 9.18 Å². The van der Waals surface area contributed by atoms with Crippen molar-refractivity contribution >= 4 is 18.9 Å². The summed E-state index contributed by atoms with van der Waals surface area (Å²) in [6, 6.07) is 3.94. The van der Waals surface area contributed by atoms with Crippen LogP contribution in [-0.2, 0) is 9.39 Å². The summed E-state index contributed by atoms with van der Waals surface area (Å²) in [6.45, 7) is 6.67. The molecule has 0 aliphatic heterocycles. The molecule has 1 aromatic rings. The van der Waals surface area contributed by atoms with Crippen LogP contribution in [0.4, 0.5) is 4.39 Å². The molecule has 0 saturated carbocycles. The van der Waals surface area contributed by atoms with E-state index in [1.54, 1.807) is 27.7 Å². The number of carbonyl (C=O) groups is 1. The molecule has 20 heavy (non-hydrogen) atoms. The van der Waals surface area contributed by atoms with Gasteiger partial charge in [0.25, 0.3) is 0 Å². The number of esters is 1. The van der Waals surface area contributed by atoms with E-state index in [0.717, 1.165) is 0 Å². The van der Waals surface area contributed by atoms with Gasteiger partial charge in [-0.1, -0.05) is 0 Å². The van der Waals surface area contributed by atoms with E-state index >= 15 is 0 Å². The van der Waals surface area contributed by atoms with Gasteiger partial charge in [-0.3, -0.25) is 0 Å². The Hall–Kier alpha value is -1.40. The lowest BCUT2D eigenvalue weighted by molar-refractivity contribution is -0.0893. The minimum Gasteiger partial charge on any atom is -0.465 e. The molecule has 0 spiro atoms. The van der Waals surface area contributed by atoms with Gasteiger partial charge >= 0.3 is 13.5 Å². The molecular formula is C14H20BFO4. The van der Waals surface area contributed by atoms with Crippen molar-refractivity contribution in [1.29, 1.82) is 0 Å². The lowest BCUT2D eigenvalue weighted by Crippen LogP contribution is -2.49. The molecule has 6 heteroatoms. The van der Waals surface area contributed by atoms with Crippen LogP contribution in [0.2, 0.25) is 0 Å². The van der Waals surface area contributed by atoms with Crippen molar-refractivity contribution < 1.29 is 23.7 Å². The van der Waals surface area contributed by atoms with Gasteiger partial charge in [-0.2, -0.15) is 0 Å². The second-order valence-electron chi connectivity index (χ2n) is 5.66. The highest BCUT2D eigenvalue weighted by molar-refractivity contribution is 6.47. The summed E-state index contributed by atoms with van der Waals surface area (Å²) in [6.07, 6.45) is 0. The van der Waals surface area contributed by atoms with Crippen LogP contribution in [-0.4, -0.2) is 36.9 Å². The van der Waals surface area contributed by atoms with Crippen molar-refractivity contribution in [2.45, 2.75) is 38.9 Å². The van der Waals surface area contributed by atoms with Crippen LogP contribution < -0.4 is 5.46 Å². The third kappa shape index (κ3) is 3.80. The van der Waals surface area contributed by atoms with Crippen LogP contribution >= 0.6 is 0 Å². The number of aliphatic hydroxyl groups is 1. The summed E-state index contributed by atoms with van der Waals surface area (Å²) in [5, 5.41) is 9.98. The van der Waals surface area contributed by atoms with Gasteiger partial charge < -0.3 is 14.5 Å². The predicted molar refractivity (Wildman–Crippen MR) is 76.0 cm³/mol. The van der Waals surface area contributed by atoms with E-state index in [-0.39, 0.29) is 18.5 Å². The van der Waals surface area contributed by atoms with Crippen molar-refractivity contribution in [1.82, 2.24) is 0 Å². The minimum absolute atomic E-state index is 0.0480. The van der Waals surface area contributed by atoms with Gasteiger partial charge in [0, 0.05) is 0 Å². The first-order chi connectivity index (χ1) is 9.08. The zero-order chi connectivity index (χ0) is 15.6. The monoisotopic (exact) mass is 282 g/mol. The summed E-state index contributed by atoms with van der Waals surface area (Å²) in [7, 11) is 1.22. The number of methoxy groups -OCH3 is 1. The molecule has 0 aliphatic rings. The van der Waals surface area contributed by atoms with Gasteiger partial charge in [0.2, 0.25) is 0 Å². The molecule has 0 unspecified atom stereocenters. The highest BCUT2D eigenvalue weighted by Crippen LogP contribution is 2.24. The normalized spacial score (nSPS) is 12.2. The van der Waals surface area contributed by atoms with Gasteiger partial charge in [0.05, 0.1) is 23.9 Å². The SMILES string of the molecule is COC(=O)c1ccc(F)c(BOC(C)(C)C(C)(C)O)c1. The molecule has 0 saturated heterocycles. The van der Waals surface area contributed by atoms with Gasteiger partial charge in [-0.15, -0.1) is 0 Å².